The van der Waals surface area contributed by atoms with Gasteiger partial charge in [0.05, 0.1) is 0 Å². The number of benzene rings is 1. The van der Waals surface area contributed by atoms with Gasteiger partial charge < -0.3 is 10.4 Å². The molecule has 0 bridgehead atoms. The third kappa shape index (κ3) is 4.97. The highest BCUT2D eigenvalue weighted by atomic mass is 16.4. The van der Waals surface area contributed by atoms with E-state index in [1.54, 1.807) is 18.2 Å². The third-order valence-electron chi connectivity index (χ3n) is 2.22. The van der Waals surface area contributed by atoms with Gasteiger partial charge in [0, 0.05) is 18.5 Å². The summed E-state index contributed by atoms with van der Waals surface area (Å²) in [6.07, 6.45) is 2.31. The molecule has 0 saturated carbocycles. The van der Waals surface area contributed by atoms with Gasteiger partial charge in [0.15, 0.2) is 0 Å². The Morgan fingerprint density at radius 3 is 2.41 bits per heavy atom. The minimum absolute atomic E-state index is 0.0167. The molecule has 90 valence electrons. The van der Waals surface area contributed by atoms with Crippen molar-refractivity contribution in [2.24, 2.45) is 0 Å². The van der Waals surface area contributed by atoms with Crippen LogP contribution in [0.25, 0.3) is 6.08 Å². The Kier molecular flexibility index (Phi) is 4.94. The first kappa shape index (κ1) is 13.0. The summed E-state index contributed by atoms with van der Waals surface area (Å²) in [6, 6.07) is 7.26. The predicted octanol–water partition coefficient (Wildman–Crippen LogP) is 2.52. The third-order valence-corrected chi connectivity index (χ3v) is 2.22. The van der Waals surface area contributed by atoms with E-state index in [1.807, 2.05) is 12.1 Å². The zero-order valence-electron chi connectivity index (χ0n) is 9.48. The van der Waals surface area contributed by atoms with E-state index in [9.17, 15) is 9.59 Å². The average molecular weight is 233 g/mol. The quantitative estimate of drug-likeness (QED) is 0.793. The molecular formula is C13H15NO3. The monoisotopic (exact) mass is 233 g/mol. The SMILES string of the molecule is C=Cc1ccc(NC(=O)CCCC(=O)O)cc1. The van der Waals surface area contributed by atoms with Gasteiger partial charge in [-0.1, -0.05) is 24.8 Å². The molecule has 0 radical (unpaired) electrons. The zero-order valence-corrected chi connectivity index (χ0v) is 9.48. The lowest BCUT2D eigenvalue weighted by atomic mass is 10.2. The summed E-state index contributed by atoms with van der Waals surface area (Å²) in [5.74, 6) is -1.05. The van der Waals surface area contributed by atoms with Gasteiger partial charge in [0.25, 0.3) is 0 Å². The largest absolute Gasteiger partial charge is 0.481 e. The fraction of sp³-hybridized carbons (Fsp3) is 0.231. The van der Waals surface area contributed by atoms with Gasteiger partial charge in [0.1, 0.15) is 0 Å². The Balaban J connectivity index is 2.39. The molecule has 4 heteroatoms. The molecule has 0 saturated heterocycles. The molecule has 2 N–H and O–H groups in total. The standard InChI is InChI=1S/C13H15NO3/c1-2-10-6-8-11(9-7-10)14-12(15)4-3-5-13(16)17/h2,6-9H,1,3-5H2,(H,14,15)(H,16,17). The summed E-state index contributed by atoms with van der Waals surface area (Å²) in [5.41, 5.74) is 1.69. The number of carbonyl (C=O) groups excluding carboxylic acids is 1. The van der Waals surface area contributed by atoms with Crippen LogP contribution < -0.4 is 5.32 Å². The maximum Gasteiger partial charge on any atom is 0.303 e. The van der Waals surface area contributed by atoms with Crippen molar-refractivity contribution < 1.29 is 14.7 Å². The number of carboxylic acid groups (broad SMARTS) is 1. The van der Waals surface area contributed by atoms with E-state index in [2.05, 4.69) is 11.9 Å². The van der Waals surface area contributed by atoms with Crippen molar-refractivity contribution in [1.82, 2.24) is 0 Å². The van der Waals surface area contributed by atoms with Crippen LogP contribution in [0.15, 0.2) is 30.8 Å². The van der Waals surface area contributed by atoms with Crippen molar-refractivity contribution in [2.75, 3.05) is 5.32 Å². The van der Waals surface area contributed by atoms with Crippen LogP contribution in [0.5, 0.6) is 0 Å². The van der Waals surface area contributed by atoms with Crippen molar-refractivity contribution >= 4 is 23.6 Å². The highest BCUT2D eigenvalue weighted by Gasteiger charge is 2.04. The number of aliphatic carboxylic acids is 1. The summed E-state index contributed by atoms with van der Waals surface area (Å²) in [6.45, 7) is 3.64. The molecule has 1 amide bonds. The first-order valence-electron chi connectivity index (χ1n) is 5.36. The second kappa shape index (κ2) is 6.48. The number of rotatable bonds is 6. The second-order valence-corrected chi connectivity index (χ2v) is 3.62. The molecule has 1 rings (SSSR count). The van der Waals surface area contributed by atoms with E-state index in [0.29, 0.717) is 12.1 Å². The van der Waals surface area contributed by atoms with E-state index < -0.39 is 5.97 Å². The predicted molar refractivity (Wildman–Crippen MR) is 66.6 cm³/mol. The molecule has 0 aliphatic heterocycles. The second-order valence-electron chi connectivity index (χ2n) is 3.62. The number of anilines is 1. The zero-order chi connectivity index (χ0) is 12.7. The number of hydrogen-bond donors (Lipinski definition) is 2. The minimum Gasteiger partial charge on any atom is -0.481 e. The maximum absolute atomic E-state index is 11.4. The van der Waals surface area contributed by atoms with Crippen LogP contribution >= 0.6 is 0 Å². The Morgan fingerprint density at radius 1 is 1.24 bits per heavy atom. The van der Waals surface area contributed by atoms with Crippen molar-refractivity contribution in [3.05, 3.63) is 36.4 Å². The summed E-state index contributed by atoms with van der Waals surface area (Å²) < 4.78 is 0. The number of hydrogen-bond acceptors (Lipinski definition) is 2. The molecule has 0 aliphatic rings. The first-order chi connectivity index (χ1) is 8.11. The van der Waals surface area contributed by atoms with E-state index in [1.165, 1.54) is 0 Å². The topological polar surface area (TPSA) is 66.4 Å². The van der Waals surface area contributed by atoms with Gasteiger partial charge >= 0.3 is 5.97 Å². The van der Waals surface area contributed by atoms with Crippen molar-refractivity contribution in [3.63, 3.8) is 0 Å². The summed E-state index contributed by atoms with van der Waals surface area (Å²) in [7, 11) is 0. The highest BCUT2D eigenvalue weighted by Crippen LogP contribution is 2.11. The molecule has 0 aliphatic carbocycles. The van der Waals surface area contributed by atoms with Gasteiger partial charge in [-0.05, 0) is 24.1 Å². The van der Waals surface area contributed by atoms with Crippen LogP contribution in [0.1, 0.15) is 24.8 Å². The molecule has 4 nitrogen and oxygen atoms in total. The lowest BCUT2D eigenvalue weighted by Crippen LogP contribution is -2.11. The van der Waals surface area contributed by atoms with Gasteiger partial charge in [-0.3, -0.25) is 9.59 Å². The van der Waals surface area contributed by atoms with E-state index in [-0.39, 0.29) is 18.7 Å². The molecule has 0 aromatic heterocycles. The lowest BCUT2D eigenvalue weighted by Gasteiger charge is -2.04. The van der Waals surface area contributed by atoms with Gasteiger partial charge in [-0.25, -0.2) is 0 Å². The maximum atomic E-state index is 11.4. The van der Waals surface area contributed by atoms with E-state index >= 15 is 0 Å². The number of carbonyl (C=O) groups is 2. The average Bonchev–Trinajstić information content (AvgIpc) is 2.29. The number of carboxylic acids is 1. The molecule has 0 unspecified atom stereocenters. The fourth-order valence-corrected chi connectivity index (χ4v) is 1.33. The molecule has 0 heterocycles. The molecule has 1 aromatic carbocycles. The van der Waals surface area contributed by atoms with Crippen LogP contribution in [0, 0.1) is 0 Å². The first-order valence-corrected chi connectivity index (χ1v) is 5.36. The van der Waals surface area contributed by atoms with E-state index in [0.717, 1.165) is 5.56 Å². The molecular weight excluding hydrogens is 218 g/mol. The van der Waals surface area contributed by atoms with Crippen LogP contribution in [0.2, 0.25) is 0 Å². The molecule has 1 aromatic rings. The molecule has 0 spiro atoms. The van der Waals surface area contributed by atoms with Gasteiger partial charge in [-0.2, -0.15) is 0 Å². The summed E-state index contributed by atoms with van der Waals surface area (Å²) in [4.78, 5) is 21.7. The summed E-state index contributed by atoms with van der Waals surface area (Å²) in [5, 5.41) is 11.1. The van der Waals surface area contributed by atoms with Crippen LogP contribution in [-0.2, 0) is 9.59 Å². The molecule has 0 fully saturated rings. The van der Waals surface area contributed by atoms with Crippen molar-refractivity contribution in [1.29, 1.82) is 0 Å². The fourth-order valence-electron chi connectivity index (χ4n) is 1.33. The van der Waals surface area contributed by atoms with E-state index in [4.69, 9.17) is 5.11 Å². The normalized spacial score (nSPS) is 9.65. The lowest BCUT2D eigenvalue weighted by molar-refractivity contribution is -0.137. The Hall–Kier alpha value is -2.10. The summed E-state index contributed by atoms with van der Waals surface area (Å²) >= 11 is 0. The van der Waals surface area contributed by atoms with Crippen LogP contribution in [0.3, 0.4) is 0 Å². The van der Waals surface area contributed by atoms with Crippen LogP contribution in [0.4, 0.5) is 5.69 Å². The highest BCUT2D eigenvalue weighted by molar-refractivity contribution is 5.90. The molecule has 0 atom stereocenters. The minimum atomic E-state index is -0.881. The van der Waals surface area contributed by atoms with Crippen LogP contribution in [-0.4, -0.2) is 17.0 Å². The van der Waals surface area contributed by atoms with Gasteiger partial charge in [0.2, 0.25) is 5.91 Å². The Morgan fingerprint density at radius 2 is 1.88 bits per heavy atom. The van der Waals surface area contributed by atoms with Gasteiger partial charge in [-0.15, -0.1) is 0 Å². The van der Waals surface area contributed by atoms with Crippen molar-refractivity contribution in [3.8, 4) is 0 Å². The Labute approximate surface area is 100.0 Å². The molecule has 17 heavy (non-hydrogen) atoms. The number of amides is 1. The Bertz CT molecular complexity index is 409. The smallest absolute Gasteiger partial charge is 0.303 e. The van der Waals surface area contributed by atoms with Crippen molar-refractivity contribution in [2.45, 2.75) is 19.3 Å². The number of nitrogens with one attached hydrogen (secondary N) is 1.